The van der Waals surface area contributed by atoms with E-state index >= 15 is 4.39 Å². The molecular weight excluding hydrogens is 521 g/mol. The lowest BCUT2D eigenvalue weighted by molar-refractivity contribution is -0.0868. The van der Waals surface area contributed by atoms with Crippen LogP contribution in [0.1, 0.15) is 30.7 Å². The number of fused-ring (bicyclic) bond motifs is 1. The van der Waals surface area contributed by atoms with Crippen molar-refractivity contribution in [3.63, 3.8) is 0 Å². The molecule has 0 radical (unpaired) electrons. The quantitative estimate of drug-likeness (QED) is 0.191. The molecule has 8 heteroatoms. The van der Waals surface area contributed by atoms with Gasteiger partial charge in [0.1, 0.15) is 19.0 Å². The van der Waals surface area contributed by atoms with Gasteiger partial charge in [-0.3, -0.25) is 4.98 Å². The van der Waals surface area contributed by atoms with Gasteiger partial charge in [-0.25, -0.2) is 9.37 Å². The van der Waals surface area contributed by atoms with Crippen LogP contribution in [-0.2, 0) is 29.9 Å². The number of aromatic nitrogens is 3. The van der Waals surface area contributed by atoms with Crippen LogP contribution in [0, 0.1) is 5.82 Å². The van der Waals surface area contributed by atoms with Gasteiger partial charge < -0.3 is 23.5 Å². The first kappa shape index (κ1) is 26.8. The lowest BCUT2D eigenvalue weighted by Gasteiger charge is -2.40. The van der Waals surface area contributed by atoms with E-state index in [1.54, 1.807) is 6.07 Å². The summed E-state index contributed by atoms with van der Waals surface area (Å²) in [6, 6.07) is 22.9. The Hall–Kier alpha value is -4.43. The van der Waals surface area contributed by atoms with Crippen LogP contribution >= 0.6 is 0 Å². The summed E-state index contributed by atoms with van der Waals surface area (Å²) in [7, 11) is 1.54. The second-order valence-corrected chi connectivity index (χ2v) is 10.4. The van der Waals surface area contributed by atoms with E-state index in [0.717, 1.165) is 34.3 Å². The lowest BCUT2D eigenvalue weighted by atomic mass is 9.98. The molecule has 1 aliphatic heterocycles. The van der Waals surface area contributed by atoms with Crippen molar-refractivity contribution in [2.75, 3.05) is 20.3 Å². The molecule has 41 heavy (non-hydrogen) atoms. The molecule has 0 bridgehead atoms. The number of nitrogens with zero attached hydrogens (tertiary/aromatic N) is 3. The number of imidazole rings is 1. The van der Waals surface area contributed by atoms with E-state index < -0.39 is 11.4 Å². The smallest absolute Gasteiger partial charge is 0.207 e. The van der Waals surface area contributed by atoms with Crippen LogP contribution in [0.4, 0.5) is 4.39 Å². The van der Waals surface area contributed by atoms with Crippen LogP contribution in [0.15, 0.2) is 79.0 Å². The van der Waals surface area contributed by atoms with Crippen molar-refractivity contribution >= 4 is 11.0 Å². The van der Waals surface area contributed by atoms with E-state index in [1.807, 2.05) is 84.4 Å². The Labute approximate surface area is 238 Å². The summed E-state index contributed by atoms with van der Waals surface area (Å²) < 4.78 is 42.5. The fourth-order valence-electron chi connectivity index (χ4n) is 5.10. The maximum atomic E-state index is 16.8. The molecule has 3 heterocycles. The van der Waals surface area contributed by atoms with E-state index in [0.29, 0.717) is 24.8 Å². The van der Waals surface area contributed by atoms with Gasteiger partial charge in [0.25, 0.3) is 0 Å². The molecule has 0 N–H and O–H groups in total. The minimum absolute atomic E-state index is 0.0277. The molecule has 3 aromatic carbocycles. The molecule has 0 unspecified atom stereocenters. The molecule has 2 aromatic heterocycles. The third-order valence-electron chi connectivity index (χ3n) is 7.38. The molecule has 0 spiro atoms. The van der Waals surface area contributed by atoms with Crippen molar-refractivity contribution < 1.29 is 23.3 Å². The third kappa shape index (κ3) is 5.11. The highest BCUT2D eigenvalue weighted by molar-refractivity contribution is 5.82. The first-order chi connectivity index (χ1) is 20.0. The zero-order valence-corrected chi connectivity index (χ0v) is 23.4. The number of methoxy groups -OCH3 is 1. The number of pyridine rings is 1. The summed E-state index contributed by atoms with van der Waals surface area (Å²) in [6.45, 7) is 5.45. The molecule has 0 saturated carbocycles. The first-order valence-corrected chi connectivity index (χ1v) is 13.7. The summed E-state index contributed by atoms with van der Waals surface area (Å²) >= 11 is 0. The summed E-state index contributed by atoms with van der Waals surface area (Å²) in [6.07, 6.45) is 2.58. The molecule has 210 valence electrons. The molecule has 6 rings (SSSR count). The van der Waals surface area contributed by atoms with Gasteiger partial charge in [0.15, 0.2) is 11.6 Å². The molecule has 0 amide bonds. The van der Waals surface area contributed by atoms with Gasteiger partial charge in [0.05, 0.1) is 48.7 Å². The highest BCUT2D eigenvalue weighted by Gasteiger charge is 2.40. The monoisotopic (exact) mass is 553 g/mol. The Balaban J connectivity index is 1.51. The predicted octanol–water partition coefficient (Wildman–Crippen LogP) is 6.71. The fraction of sp³-hybridized carbons (Fsp3) is 0.273. The molecule has 1 fully saturated rings. The molecule has 0 atom stereocenters. The number of hydrogen-bond acceptors (Lipinski definition) is 6. The van der Waals surface area contributed by atoms with Gasteiger partial charge >= 0.3 is 0 Å². The minimum atomic E-state index is -0.575. The van der Waals surface area contributed by atoms with Crippen molar-refractivity contribution in [2.45, 2.75) is 39.0 Å². The fourth-order valence-corrected chi connectivity index (χ4v) is 5.10. The van der Waals surface area contributed by atoms with Gasteiger partial charge in [-0.15, -0.1) is 0 Å². The number of hydrogen-bond donors (Lipinski definition) is 0. The van der Waals surface area contributed by atoms with Crippen LogP contribution < -0.4 is 14.2 Å². The average molecular weight is 554 g/mol. The summed E-state index contributed by atoms with van der Waals surface area (Å²) in [5, 5.41) is 0. The Morgan fingerprint density at radius 1 is 0.927 bits per heavy atom. The van der Waals surface area contributed by atoms with Crippen LogP contribution in [0.2, 0.25) is 0 Å². The molecule has 1 aliphatic rings. The van der Waals surface area contributed by atoms with Crippen molar-refractivity contribution in [3.8, 4) is 28.6 Å². The molecular formula is C33H32FN3O4. The van der Waals surface area contributed by atoms with Gasteiger partial charge in [0, 0.05) is 5.69 Å². The number of halogens is 1. The Morgan fingerprint density at radius 2 is 1.56 bits per heavy atom. The van der Waals surface area contributed by atoms with E-state index in [9.17, 15) is 0 Å². The molecule has 5 aromatic rings. The van der Waals surface area contributed by atoms with Crippen molar-refractivity contribution in [1.82, 2.24) is 14.5 Å². The average Bonchev–Trinajstić information content (AvgIpc) is 3.38. The highest BCUT2D eigenvalue weighted by Crippen LogP contribution is 2.46. The van der Waals surface area contributed by atoms with E-state index in [2.05, 4.69) is 11.9 Å². The third-order valence-corrected chi connectivity index (χ3v) is 7.38. The molecule has 1 saturated heterocycles. The van der Waals surface area contributed by atoms with Gasteiger partial charge in [-0.1, -0.05) is 67.6 Å². The largest absolute Gasteiger partial charge is 0.493 e. The minimum Gasteiger partial charge on any atom is -0.493 e. The summed E-state index contributed by atoms with van der Waals surface area (Å²) in [5.74, 6) is 0.399. The van der Waals surface area contributed by atoms with E-state index in [1.165, 1.54) is 7.11 Å². The Morgan fingerprint density at radius 3 is 2.12 bits per heavy atom. The highest BCUT2D eigenvalue weighted by atomic mass is 19.1. The second kappa shape index (κ2) is 11.2. The second-order valence-electron chi connectivity index (χ2n) is 10.4. The van der Waals surface area contributed by atoms with E-state index in [-0.39, 0.29) is 30.3 Å². The number of ether oxygens (including phenoxy) is 4. The normalized spacial score (nSPS) is 14.0. The Kier molecular flexibility index (Phi) is 7.32. The zero-order valence-electron chi connectivity index (χ0n) is 23.4. The van der Waals surface area contributed by atoms with Crippen LogP contribution in [0.5, 0.6) is 17.2 Å². The topological polar surface area (TPSA) is 67.6 Å². The van der Waals surface area contributed by atoms with E-state index in [4.69, 9.17) is 23.9 Å². The number of rotatable bonds is 10. The number of benzene rings is 3. The van der Waals surface area contributed by atoms with Gasteiger partial charge in [-0.05, 0) is 36.6 Å². The first-order valence-electron chi connectivity index (χ1n) is 13.7. The maximum Gasteiger partial charge on any atom is 0.207 e. The molecule has 7 nitrogen and oxygen atoms in total. The maximum absolute atomic E-state index is 16.8. The summed E-state index contributed by atoms with van der Waals surface area (Å²) in [4.78, 5) is 9.54. The molecule has 0 aliphatic carbocycles. The van der Waals surface area contributed by atoms with Crippen molar-refractivity contribution in [1.29, 1.82) is 0 Å². The number of aryl methyl sites for hydroxylation is 1. The Bertz CT molecular complexity index is 1670. The zero-order chi connectivity index (χ0) is 28.4. The van der Waals surface area contributed by atoms with Gasteiger partial charge in [-0.2, -0.15) is 0 Å². The lowest BCUT2D eigenvalue weighted by Crippen LogP contribution is -2.49. The summed E-state index contributed by atoms with van der Waals surface area (Å²) in [5.41, 5.74) is 4.15. The SMILES string of the molecule is CCc1cc2nc(-c3cc(OC)c(OCc4ccccc4)c(OCc4ccccc4)c3F)n(C3(C)COC3)c2cn1. The van der Waals surface area contributed by atoms with Crippen molar-refractivity contribution in [2.24, 2.45) is 0 Å². The standard InChI is InChI=1S/C33H32FN3O4/c1-4-24-15-26-27(17-35-24)37(33(2)20-39-21-33)32(36-26)25-16-28(38-3)30(40-18-22-11-7-5-8-12-22)31(29(25)34)41-19-23-13-9-6-10-14-23/h5-17H,4,18-21H2,1-3H3. The van der Waals surface area contributed by atoms with Crippen molar-refractivity contribution in [3.05, 3.63) is 102 Å². The van der Waals surface area contributed by atoms with Crippen LogP contribution in [-0.4, -0.2) is 34.9 Å². The predicted molar refractivity (Wildman–Crippen MR) is 155 cm³/mol. The van der Waals surface area contributed by atoms with Crippen LogP contribution in [0.3, 0.4) is 0 Å². The van der Waals surface area contributed by atoms with Crippen LogP contribution in [0.25, 0.3) is 22.4 Å². The van der Waals surface area contributed by atoms with Gasteiger partial charge in [0.2, 0.25) is 11.5 Å².